The summed E-state index contributed by atoms with van der Waals surface area (Å²) < 4.78 is 7.01. The Morgan fingerprint density at radius 1 is 0.385 bits per heavy atom. The molecular weight excluding hydrogens is 805 g/mol. The van der Waals surface area contributed by atoms with Gasteiger partial charge in [-0.3, -0.25) is 4.57 Å². The van der Waals surface area contributed by atoms with Crippen molar-refractivity contribution in [2.75, 3.05) is 0 Å². The number of aromatic nitrogens is 4. The Morgan fingerprint density at radius 2 is 0.954 bits per heavy atom. The fourth-order valence-corrected chi connectivity index (χ4v) is 14.9. The fraction of sp³-hybridized carbons (Fsp3) is 0. The maximum Gasteiger partial charge on any atom is 0.255 e. The largest absolute Gasteiger partial charge is 0.294 e. The number of hydrogen-bond donors (Lipinski definition) is 0. The summed E-state index contributed by atoms with van der Waals surface area (Å²) in [5.41, 5.74) is 11.5. The van der Waals surface area contributed by atoms with Crippen molar-refractivity contribution in [2.24, 2.45) is 0 Å². The van der Waals surface area contributed by atoms with Crippen molar-refractivity contribution in [2.45, 2.75) is 0 Å². The summed E-state index contributed by atoms with van der Waals surface area (Å²) in [6.07, 6.45) is 4.19. The van der Waals surface area contributed by atoms with Crippen LogP contribution < -0.4 is 25.3 Å². The molecule has 0 unspecified atom stereocenters. The van der Waals surface area contributed by atoms with Crippen LogP contribution in [-0.2, 0) is 0 Å². The Bertz CT molecular complexity index is 3610. The van der Waals surface area contributed by atoms with Gasteiger partial charge in [-0.15, -0.1) is 0 Å². The maximum absolute atomic E-state index is 5.14. The minimum absolute atomic E-state index is 0.883. The quantitative estimate of drug-likeness (QED) is 0.0807. The molecule has 0 fully saturated rings. The Balaban J connectivity index is 1.10. The average Bonchev–Trinajstić information content (AvgIpc) is 3.94. The van der Waals surface area contributed by atoms with Crippen molar-refractivity contribution in [1.29, 1.82) is 0 Å². The molecule has 0 saturated heterocycles. The molecule has 0 amide bonds. The van der Waals surface area contributed by atoms with Gasteiger partial charge in [0.15, 0.2) is 19.1 Å². The third-order valence-electron chi connectivity index (χ3n) is 13.0. The molecular formula is C60H43N4Si+. The summed E-state index contributed by atoms with van der Waals surface area (Å²) in [5, 5.41) is 7.63. The molecule has 5 heteroatoms. The van der Waals surface area contributed by atoms with Gasteiger partial charge in [0, 0.05) is 17.0 Å². The number of hydrogen-bond acceptors (Lipinski definition) is 1. The Hall–Kier alpha value is -8.38. The van der Waals surface area contributed by atoms with E-state index in [0.29, 0.717) is 0 Å². The van der Waals surface area contributed by atoms with Crippen molar-refractivity contribution in [3.05, 3.63) is 261 Å². The molecule has 4 nitrogen and oxygen atoms in total. The fourth-order valence-electron chi connectivity index (χ4n) is 10.1. The number of rotatable bonds is 9. The molecule has 12 aromatic rings. The van der Waals surface area contributed by atoms with Crippen LogP contribution in [0.2, 0.25) is 0 Å². The highest BCUT2D eigenvalue weighted by molar-refractivity contribution is 7.20. The summed E-state index contributed by atoms with van der Waals surface area (Å²) >= 11 is 0. The summed E-state index contributed by atoms with van der Waals surface area (Å²) in [7, 11) is -3.04. The van der Waals surface area contributed by atoms with E-state index in [1.54, 1.807) is 0 Å². The molecule has 0 radical (unpaired) electrons. The van der Waals surface area contributed by atoms with Crippen LogP contribution in [0.4, 0.5) is 0 Å². The lowest BCUT2D eigenvalue weighted by atomic mass is 9.95. The number of fused-ring (bicyclic) bond motifs is 4. The van der Waals surface area contributed by atoms with E-state index in [4.69, 9.17) is 4.98 Å². The lowest BCUT2D eigenvalue weighted by Gasteiger charge is -2.34. The highest BCUT2D eigenvalue weighted by atomic mass is 28.3. The molecule has 0 aliphatic heterocycles. The van der Waals surface area contributed by atoms with Gasteiger partial charge in [0.05, 0.1) is 11.0 Å². The maximum atomic E-state index is 5.14. The highest BCUT2D eigenvalue weighted by Gasteiger charge is 2.42. The van der Waals surface area contributed by atoms with Gasteiger partial charge >= 0.3 is 0 Å². The van der Waals surface area contributed by atoms with Crippen molar-refractivity contribution in [1.82, 2.24) is 14.1 Å². The van der Waals surface area contributed by atoms with E-state index in [-0.39, 0.29) is 0 Å². The SMILES string of the molecule is c1ccc(-c2ccccc2-c2ccnc(-n3c4ccccc4c4ccc([Si](c5ccccc5)(c5ccccc5)c5cccc(-n6c[n+](-c7ccccc7)c7ccccc76)c5)cc43)c2)cc1. The second kappa shape index (κ2) is 16.1. The van der Waals surface area contributed by atoms with Crippen molar-refractivity contribution >= 4 is 61.7 Å². The third-order valence-corrected chi connectivity index (χ3v) is 17.8. The van der Waals surface area contributed by atoms with E-state index < -0.39 is 8.07 Å². The standard InChI is InChI=1S/C60H43N4Si/c1-5-20-44(21-6-1)52-30-13-14-31-53(52)45-38-39-61-60(40-45)64-56-33-16-15-32-54(56)55-37-36-51(42-59(55)64)65(48-25-9-3-10-26-48,49-27-11-4-12-28-49)50-29-19-24-47(41-50)63-43-62(46-22-7-2-8-23-46)57-34-17-18-35-58(57)63/h1-43H/q+1. The smallest absolute Gasteiger partial charge is 0.255 e. The van der Waals surface area contributed by atoms with Crippen LogP contribution in [0.15, 0.2) is 261 Å². The zero-order chi connectivity index (χ0) is 43.2. The van der Waals surface area contributed by atoms with Gasteiger partial charge < -0.3 is 0 Å². The summed E-state index contributed by atoms with van der Waals surface area (Å²) in [4.78, 5) is 5.14. The second-order valence-electron chi connectivity index (χ2n) is 16.6. The monoisotopic (exact) mass is 847 g/mol. The molecule has 0 bridgehead atoms. The zero-order valence-electron chi connectivity index (χ0n) is 35.6. The van der Waals surface area contributed by atoms with Crippen LogP contribution in [0.25, 0.3) is 72.3 Å². The molecule has 0 aliphatic carbocycles. The predicted molar refractivity (Wildman–Crippen MR) is 271 cm³/mol. The number of benzene rings is 9. The van der Waals surface area contributed by atoms with Gasteiger partial charge in [-0.25, -0.2) is 4.98 Å². The van der Waals surface area contributed by atoms with Gasteiger partial charge in [-0.05, 0) is 104 Å². The Kier molecular flexibility index (Phi) is 9.47. The number of pyridine rings is 1. The molecule has 0 saturated carbocycles. The van der Waals surface area contributed by atoms with E-state index >= 15 is 0 Å². The van der Waals surface area contributed by atoms with Gasteiger partial charge in [-0.2, -0.15) is 9.13 Å². The summed E-state index contributed by atoms with van der Waals surface area (Å²) in [6.45, 7) is 0. The molecule has 12 rings (SSSR count). The second-order valence-corrected chi connectivity index (χ2v) is 20.4. The van der Waals surface area contributed by atoms with Crippen molar-refractivity contribution in [3.63, 3.8) is 0 Å². The van der Waals surface area contributed by atoms with E-state index in [1.807, 2.05) is 6.20 Å². The van der Waals surface area contributed by atoms with E-state index in [2.05, 4.69) is 269 Å². The van der Waals surface area contributed by atoms with Crippen LogP contribution in [0.1, 0.15) is 0 Å². The Labute approximate surface area is 379 Å². The minimum Gasteiger partial charge on any atom is -0.294 e. The summed E-state index contributed by atoms with van der Waals surface area (Å²) in [6, 6.07) is 90.7. The molecule has 9 aromatic carbocycles. The Morgan fingerprint density at radius 3 is 1.69 bits per heavy atom. The number of imidazole rings is 1. The van der Waals surface area contributed by atoms with E-state index in [9.17, 15) is 0 Å². The van der Waals surface area contributed by atoms with E-state index in [1.165, 1.54) is 48.2 Å². The lowest BCUT2D eigenvalue weighted by molar-refractivity contribution is -0.567. The van der Waals surface area contributed by atoms with Crippen LogP contribution in [0, 0.1) is 0 Å². The van der Waals surface area contributed by atoms with Crippen LogP contribution in [0.5, 0.6) is 0 Å². The lowest BCUT2D eigenvalue weighted by Crippen LogP contribution is -2.74. The number of nitrogens with zero attached hydrogens (tertiary/aromatic N) is 4. The molecule has 3 heterocycles. The van der Waals surface area contributed by atoms with Gasteiger partial charge in [0.2, 0.25) is 0 Å². The first-order valence-corrected chi connectivity index (χ1v) is 24.2. The first-order chi connectivity index (χ1) is 32.3. The van der Waals surface area contributed by atoms with Crippen LogP contribution in [-0.4, -0.2) is 22.2 Å². The van der Waals surface area contributed by atoms with Gasteiger partial charge in [0.25, 0.3) is 6.33 Å². The van der Waals surface area contributed by atoms with E-state index in [0.717, 1.165) is 44.8 Å². The molecule has 0 aliphatic rings. The first-order valence-electron chi connectivity index (χ1n) is 22.2. The predicted octanol–water partition coefficient (Wildman–Crippen LogP) is 11.1. The zero-order valence-corrected chi connectivity index (χ0v) is 36.6. The van der Waals surface area contributed by atoms with Crippen molar-refractivity contribution < 1.29 is 4.57 Å². The topological polar surface area (TPSA) is 26.6 Å². The van der Waals surface area contributed by atoms with Crippen LogP contribution in [0.3, 0.4) is 0 Å². The molecule has 0 atom stereocenters. The van der Waals surface area contributed by atoms with Crippen molar-refractivity contribution in [3.8, 4) is 39.4 Å². The third kappa shape index (κ3) is 6.44. The molecule has 0 spiro atoms. The highest BCUT2D eigenvalue weighted by Crippen LogP contribution is 2.35. The minimum atomic E-state index is -3.04. The average molecular weight is 848 g/mol. The molecule has 65 heavy (non-hydrogen) atoms. The van der Waals surface area contributed by atoms with Gasteiger partial charge in [0.1, 0.15) is 17.2 Å². The first kappa shape index (κ1) is 38.3. The molecule has 0 N–H and O–H groups in total. The molecule has 306 valence electrons. The molecule has 3 aromatic heterocycles. The normalized spacial score (nSPS) is 11.7. The summed E-state index contributed by atoms with van der Waals surface area (Å²) in [5.74, 6) is 0.883. The van der Waals surface area contributed by atoms with Crippen LogP contribution >= 0.6 is 0 Å². The number of para-hydroxylation sites is 4. The van der Waals surface area contributed by atoms with Gasteiger partial charge in [-0.1, -0.05) is 188 Å².